The fourth-order valence-corrected chi connectivity index (χ4v) is 3.51. The number of hydrogen-bond acceptors (Lipinski definition) is 2. The van der Waals surface area contributed by atoms with Gasteiger partial charge in [0.1, 0.15) is 0 Å². The molecular formula is C18H22ClNO. The average molecular weight is 304 g/mol. The molecule has 0 heterocycles. The maximum absolute atomic E-state index is 12.9. The monoisotopic (exact) mass is 303 g/mol. The van der Waals surface area contributed by atoms with Crippen molar-refractivity contribution in [3.8, 4) is 0 Å². The standard InChI is InChI=1S/C18H21NO.ClH/c1-18(12-19(2)3)11-10-15-14-7-5-4-6-13(14)8-9-16(15)17(18)20;/h4-9H,10-12H2,1-3H3;1H. The van der Waals surface area contributed by atoms with Gasteiger partial charge in [-0.1, -0.05) is 43.3 Å². The molecule has 3 rings (SSSR count). The van der Waals surface area contributed by atoms with Crippen molar-refractivity contribution in [2.45, 2.75) is 19.8 Å². The molecule has 1 aliphatic rings. The number of carbonyl (C=O) groups is 1. The Morgan fingerprint density at radius 1 is 1.14 bits per heavy atom. The smallest absolute Gasteiger partial charge is 0.170 e. The summed E-state index contributed by atoms with van der Waals surface area (Å²) in [6.07, 6.45) is 1.93. The van der Waals surface area contributed by atoms with Gasteiger partial charge in [0.05, 0.1) is 0 Å². The van der Waals surface area contributed by atoms with E-state index < -0.39 is 0 Å². The molecule has 0 saturated carbocycles. The molecule has 0 aliphatic heterocycles. The van der Waals surface area contributed by atoms with Gasteiger partial charge in [-0.2, -0.15) is 0 Å². The second-order valence-electron chi connectivity index (χ2n) is 6.44. The molecule has 0 amide bonds. The molecule has 0 spiro atoms. The molecule has 0 saturated heterocycles. The third kappa shape index (κ3) is 2.70. The zero-order valence-corrected chi connectivity index (χ0v) is 13.7. The van der Waals surface area contributed by atoms with E-state index in [4.69, 9.17) is 0 Å². The maximum Gasteiger partial charge on any atom is 0.170 e. The van der Waals surface area contributed by atoms with Crippen LogP contribution in [0.2, 0.25) is 0 Å². The van der Waals surface area contributed by atoms with E-state index in [-0.39, 0.29) is 17.8 Å². The van der Waals surface area contributed by atoms with Gasteiger partial charge in [-0.3, -0.25) is 4.79 Å². The Balaban J connectivity index is 0.00000161. The number of carbonyl (C=O) groups excluding carboxylic acids is 1. The highest BCUT2D eigenvalue weighted by atomic mass is 35.5. The molecule has 21 heavy (non-hydrogen) atoms. The summed E-state index contributed by atoms with van der Waals surface area (Å²) in [6, 6.07) is 12.5. The number of aryl methyl sites for hydroxylation is 1. The molecule has 1 unspecified atom stereocenters. The third-order valence-electron chi connectivity index (χ3n) is 4.43. The largest absolute Gasteiger partial charge is 0.308 e. The van der Waals surface area contributed by atoms with E-state index >= 15 is 0 Å². The van der Waals surface area contributed by atoms with Crippen LogP contribution in [0.3, 0.4) is 0 Å². The molecule has 0 radical (unpaired) electrons. The van der Waals surface area contributed by atoms with Crippen LogP contribution >= 0.6 is 12.4 Å². The van der Waals surface area contributed by atoms with E-state index in [9.17, 15) is 4.79 Å². The molecule has 0 N–H and O–H groups in total. The second-order valence-corrected chi connectivity index (χ2v) is 6.44. The fourth-order valence-electron chi connectivity index (χ4n) is 3.51. The number of benzene rings is 2. The van der Waals surface area contributed by atoms with Gasteiger partial charge >= 0.3 is 0 Å². The van der Waals surface area contributed by atoms with Gasteiger partial charge in [-0.15, -0.1) is 12.4 Å². The molecule has 0 fully saturated rings. The molecule has 112 valence electrons. The van der Waals surface area contributed by atoms with Crippen LogP contribution in [0.15, 0.2) is 36.4 Å². The van der Waals surface area contributed by atoms with Gasteiger partial charge < -0.3 is 4.90 Å². The average Bonchev–Trinajstić information content (AvgIpc) is 2.42. The van der Waals surface area contributed by atoms with E-state index in [0.717, 1.165) is 24.9 Å². The summed E-state index contributed by atoms with van der Waals surface area (Å²) in [5.41, 5.74) is 1.92. The summed E-state index contributed by atoms with van der Waals surface area (Å²) < 4.78 is 0. The van der Waals surface area contributed by atoms with Gasteiger partial charge in [0.2, 0.25) is 0 Å². The van der Waals surface area contributed by atoms with E-state index in [2.05, 4.69) is 42.2 Å². The minimum atomic E-state index is -0.251. The molecule has 2 nitrogen and oxygen atoms in total. The normalized spacial score (nSPS) is 21.2. The van der Waals surface area contributed by atoms with Crippen molar-refractivity contribution < 1.29 is 4.79 Å². The van der Waals surface area contributed by atoms with E-state index in [1.165, 1.54) is 16.3 Å². The summed E-state index contributed by atoms with van der Waals surface area (Å²) in [4.78, 5) is 15.0. The number of ketones is 1. The Morgan fingerprint density at radius 2 is 1.86 bits per heavy atom. The van der Waals surface area contributed by atoms with Crippen molar-refractivity contribution in [1.82, 2.24) is 4.90 Å². The van der Waals surface area contributed by atoms with Gasteiger partial charge in [0.25, 0.3) is 0 Å². The number of hydrogen-bond donors (Lipinski definition) is 0. The number of nitrogens with zero attached hydrogens (tertiary/aromatic N) is 1. The molecule has 2 aromatic rings. The Morgan fingerprint density at radius 3 is 2.57 bits per heavy atom. The van der Waals surface area contributed by atoms with Crippen LogP contribution in [0.4, 0.5) is 0 Å². The van der Waals surface area contributed by atoms with Crippen molar-refractivity contribution in [3.63, 3.8) is 0 Å². The Labute approximate surface area is 132 Å². The first-order valence-corrected chi connectivity index (χ1v) is 7.21. The maximum atomic E-state index is 12.9. The lowest BCUT2D eigenvalue weighted by Gasteiger charge is -2.35. The van der Waals surface area contributed by atoms with Crippen molar-refractivity contribution >= 4 is 29.0 Å². The molecule has 0 aromatic heterocycles. The predicted octanol–water partition coefficient (Wildman–Crippen LogP) is 3.96. The number of Topliss-reactive ketones (excluding diaryl/α,β-unsaturated/α-hetero) is 1. The molecule has 2 aromatic carbocycles. The molecule has 1 aliphatic carbocycles. The van der Waals surface area contributed by atoms with Crippen LogP contribution in [-0.2, 0) is 6.42 Å². The van der Waals surface area contributed by atoms with Gasteiger partial charge in [0.15, 0.2) is 5.78 Å². The van der Waals surface area contributed by atoms with Gasteiger partial charge in [-0.05, 0) is 43.3 Å². The van der Waals surface area contributed by atoms with Crippen LogP contribution in [0.25, 0.3) is 10.8 Å². The topological polar surface area (TPSA) is 20.3 Å². The number of fused-ring (bicyclic) bond motifs is 3. The van der Waals surface area contributed by atoms with E-state index in [0.29, 0.717) is 5.78 Å². The Hall–Kier alpha value is -1.38. The first-order chi connectivity index (χ1) is 9.51. The predicted molar refractivity (Wildman–Crippen MR) is 90.5 cm³/mol. The Kier molecular flexibility index (Phi) is 4.40. The van der Waals surface area contributed by atoms with E-state index in [1.807, 2.05) is 20.2 Å². The van der Waals surface area contributed by atoms with Crippen LogP contribution in [0.1, 0.15) is 29.3 Å². The van der Waals surface area contributed by atoms with Crippen molar-refractivity contribution in [3.05, 3.63) is 47.5 Å². The molecule has 0 bridgehead atoms. The highest BCUT2D eigenvalue weighted by molar-refractivity contribution is 6.06. The summed E-state index contributed by atoms with van der Waals surface area (Å²) in [5.74, 6) is 0.304. The van der Waals surface area contributed by atoms with Gasteiger partial charge in [0, 0.05) is 17.5 Å². The second kappa shape index (κ2) is 5.78. The highest BCUT2D eigenvalue weighted by Gasteiger charge is 2.39. The molecule has 3 heteroatoms. The van der Waals surface area contributed by atoms with Crippen LogP contribution in [0.5, 0.6) is 0 Å². The Bertz CT molecular complexity index is 680. The quantitative estimate of drug-likeness (QED) is 0.837. The molecule has 1 atom stereocenters. The number of halogens is 1. The lowest BCUT2D eigenvalue weighted by atomic mass is 9.70. The highest BCUT2D eigenvalue weighted by Crippen LogP contribution is 2.38. The third-order valence-corrected chi connectivity index (χ3v) is 4.43. The molecular weight excluding hydrogens is 282 g/mol. The summed E-state index contributed by atoms with van der Waals surface area (Å²) >= 11 is 0. The van der Waals surface area contributed by atoms with Gasteiger partial charge in [-0.25, -0.2) is 0 Å². The van der Waals surface area contributed by atoms with Crippen LogP contribution < -0.4 is 0 Å². The first kappa shape index (κ1) is 16.0. The fraction of sp³-hybridized carbons (Fsp3) is 0.389. The lowest BCUT2D eigenvalue weighted by molar-refractivity contribution is 0.0733. The summed E-state index contributed by atoms with van der Waals surface area (Å²) in [7, 11) is 4.07. The summed E-state index contributed by atoms with van der Waals surface area (Å²) in [5, 5.41) is 2.47. The zero-order chi connectivity index (χ0) is 14.3. The zero-order valence-electron chi connectivity index (χ0n) is 12.8. The minimum absolute atomic E-state index is 0. The SMILES string of the molecule is CN(C)CC1(C)CCc2c(ccc3ccccc23)C1=O.Cl. The lowest BCUT2D eigenvalue weighted by Crippen LogP contribution is -2.41. The van der Waals surface area contributed by atoms with Crippen LogP contribution in [0, 0.1) is 5.41 Å². The van der Waals surface area contributed by atoms with Crippen LogP contribution in [-0.4, -0.2) is 31.3 Å². The first-order valence-electron chi connectivity index (χ1n) is 7.21. The van der Waals surface area contributed by atoms with Crippen molar-refractivity contribution in [2.75, 3.05) is 20.6 Å². The van der Waals surface area contributed by atoms with Crippen molar-refractivity contribution in [2.24, 2.45) is 5.41 Å². The van der Waals surface area contributed by atoms with Crippen molar-refractivity contribution in [1.29, 1.82) is 0 Å². The minimum Gasteiger partial charge on any atom is -0.308 e. The number of rotatable bonds is 2. The summed E-state index contributed by atoms with van der Waals surface area (Å²) in [6.45, 7) is 2.92. The van der Waals surface area contributed by atoms with E-state index in [1.54, 1.807) is 0 Å².